The molecule has 3 rings (SSSR count). The minimum atomic E-state index is -4.00. The SMILES string of the molecule is C.C.C#CCOc1ccc(S(=O)(=O)Cl)cc1.C#CCOc1ccc(S(=O)(=O)OCC(=O)OC)cc1.C#CCOc1ccccc1.O=S([O-])OCl. The summed E-state index contributed by atoms with van der Waals surface area (Å²) in [6.45, 7) is -0.101. The Kier molecular flexibility index (Phi) is 28.6. The highest BCUT2D eigenvalue weighted by Crippen LogP contribution is 2.19. The molecule has 0 spiro atoms. The quantitative estimate of drug-likeness (QED) is 0.0776. The van der Waals surface area contributed by atoms with Crippen LogP contribution < -0.4 is 14.2 Å². The van der Waals surface area contributed by atoms with Crippen LogP contribution in [-0.4, -0.2) is 65.1 Å². The normalized spacial score (nSPS) is 10.1. The molecule has 50 heavy (non-hydrogen) atoms. The van der Waals surface area contributed by atoms with E-state index in [1.54, 1.807) is 0 Å². The maximum Gasteiger partial charge on any atom is 0.333 e. The Morgan fingerprint density at radius 2 is 1.10 bits per heavy atom. The average Bonchev–Trinajstić information content (AvgIpc) is 3.09. The summed E-state index contributed by atoms with van der Waals surface area (Å²) in [6.07, 6.45) is 15.0. The summed E-state index contributed by atoms with van der Waals surface area (Å²) < 4.78 is 90.3. The molecule has 0 aliphatic carbocycles. The van der Waals surface area contributed by atoms with Gasteiger partial charge in [-0.25, -0.2) is 17.4 Å². The highest BCUT2D eigenvalue weighted by molar-refractivity contribution is 8.13. The zero-order valence-electron chi connectivity index (χ0n) is 24.9. The molecule has 0 saturated carbocycles. The van der Waals surface area contributed by atoms with Crippen LogP contribution >= 0.6 is 22.5 Å². The molecule has 1 unspecified atom stereocenters. The lowest BCUT2D eigenvalue weighted by Gasteiger charge is -2.06. The van der Waals surface area contributed by atoms with Gasteiger partial charge in [0.05, 0.1) is 28.8 Å². The van der Waals surface area contributed by atoms with Gasteiger partial charge in [-0.2, -0.15) is 12.2 Å². The number of benzene rings is 3. The predicted octanol–water partition coefficient (Wildman–Crippen LogP) is 5.12. The summed E-state index contributed by atoms with van der Waals surface area (Å²) in [5, 5.41) is 0. The first-order valence-corrected chi connectivity index (χ1v) is 17.5. The molecule has 3 aromatic carbocycles. The van der Waals surface area contributed by atoms with Crippen molar-refractivity contribution in [2.45, 2.75) is 24.6 Å². The number of hydrogen-bond acceptors (Lipinski definition) is 13. The summed E-state index contributed by atoms with van der Waals surface area (Å²) in [6, 6.07) is 20.6. The Bertz CT molecular complexity index is 1750. The van der Waals surface area contributed by atoms with E-state index in [9.17, 15) is 21.6 Å². The van der Waals surface area contributed by atoms with E-state index < -0.39 is 43.1 Å². The van der Waals surface area contributed by atoms with Crippen LogP contribution in [0.15, 0.2) is 88.7 Å². The molecule has 13 nitrogen and oxygen atoms in total. The number of para-hydroxylation sites is 1. The molecule has 0 saturated heterocycles. The summed E-state index contributed by atoms with van der Waals surface area (Å²) in [7, 11) is -1.41. The summed E-state index contributed by atoms with van der Waals surface area (Å²) in [5.74, 6) is 7.95. The largest absolute Gasteiger partial charge is 0.749 e. The molecule has 0 amide bonds. The number of esters is 1. The van der Waals surface area contributed by atoms with E-state index in [-0.39, 0.29) is 37.9 Å². The molecule has 274 valence electrons. The van der Waals surface area contributed by atoms with Gasteiger partial charge in [-0.05, 0) is 60.7 Å². The molecule has 1 atom stereocenters. The first kappa shape index (κ1) is 50.1. The van der Waals surface area contributed by atoms with Crippen LogP contribution in [0.5, 0.6) is 17.2 Å². The Labute approximate surface area is 306 Å². The van der Waals surface area contributed by atoms with E-state index in [0.29, 0.717) is 18.1 Å². The van der Waals surface area contributed by atoms with Crippen molar-refractivity contribution in [2.75, 3.05) is 33.5 Å². The van der Waals surface area contributed by atoms with Crippen LogP contribution in [0.1, 0.15) is 14.9 Å². The zero-order valence-corrected chi connectivity index (χ0v) is 28.8. The van der Waals surface area contributed by atoms with Gasteiger partial charge < -0.3 is 23.5 Å². The zero-order chi connectivity index (χ0) is 36.4. The maximum atomic E-state index is 11.7. The van der Waals surface area contributed by atoms with E-state index in [1.807, 2.05) is 30.3 Å². The summed E-state index contributed by atoms with van der Waals surface area (Å²) >= 11 is 1.67. The molecule has 0 radical (unpaired) electrons. The van der Waals surface area contributed by atoms with Crippen molar-refractivity contribution in [3.05, 3.63) is 78.9 Å². The fourth-order valence-corrected chi connectivity index (χ4v) is 4.17. The van der Waals surface area contributed by atoms with Gasteiger partial charge in [0.2, 0.25) is 0 Å². The Balaban J connectivity index is -0.000000630. The van der Waals surface area contributed by atoms with Gasteiger partial charge in [-0.1, -0.05) is 50.8 Å². The monoisotopic (exact) mass is 793 g/mol. The van der Waals surface area contributed by atoms with Crippen LogP contribution in [0.2, 0.25) is 0 Å². The molecule has 0 fully saturated rings. The summed E-state index contributed by atoms with van der Waals surface area (Å²) in [5.41, 5.74) is 0. The van der Waals surface area contributed by atoms with Crippen molar-refractivity contribution in [3.8, 4) is 54.3 Å². The molecule has 18 heteroatoms. The van der Waals surface area contributed by atoms with Gasteiger partial charge in [-0.15, -0.1) is 19.3 Å². The van der Waals surface area contributed by atoms with Gasteiger partial charge in [0.1, 0.15) is 48.4 Å². The number of carbonyl (C=O) groups excluding carboxylic acids is 1. The van der Waals surface area contributed by atoms with Crippen molar-refractivity contribution in [3.63, 3.8) is 0 Å². The van der Waals surface area contributed by atoms with Crippen LogP contribution in [0.3, 0.4) is 0 Å². The van der Waals surface area contributed by atoms with Crippen molar-refractivity contribution in [1.82, 2.24) is 0 Å². The lowest BCUT2D eigenvalue weighted by Crippen LogP contribution is -2.15. The maximum absolute atomic E-state index is 11.7. The van der Waals surface area contributed by atoms with Gasteiger partial charge in [0.15, 0.2) is 6.61 Å². The number of carbonyl (C=O) groups is 1. The van der Waals surface area contributed by atoms with E-state index >= 15 is 0 Å². The molecule has 0 aromatic heterocycles. The predicted molar refractivity (Wildman–Crippen MR) is 190 cm³/mol. The van der Waals surface area contributed by atoms with Crippen molar-refractivity contribution >= 4 is 59.0 Å². The number of hydrogen-bond donors (Lipinski definition) is 0. The highest BCUT2D eigenvalue weighted by atomic mass is 35.7. The molecule has 0 bridgehead atoms. The first-order chi connectivity index (χ1) is 22.7. The number of rotatable bonds is 12. The van der Waals surface area contributed by atoms with Crippen molar-refractivity contribution in [2.24, 2.45) is 0 Å². The van der Waals surface area contributed by atoms with Crippen molar-refractivity contribution in [1.29, 1.82) is 0 Å². The lowest BCUT2D eigenvalue weighted by molar-refractivity contribution is -0.142. The second-order valence-electron chi connectivity index (χ2n) is 7.73. The number of terminal acetylenes is 3. The molecular weight excluding hydrogens is 759 g/mol. The Morgan fingerprint density at radius 1 is 0.740 bits per heavy atom. The molecule has 0 heterocycles. The van der Waals surface area contributed by atoms with E-state index in [0.717, 1.165) is 12.9 Å². The average molecular weight is 795 g/mol. The van der Waals surface area contributed by atoms with Gasteiger partial charge in [0.25, 0.3) is 19.2 Å². The number of ether oxygens (including phenoxy) is 4. The molecule has 3 aromatic rings. The third-order valence-corrected chi connectivity index (χ3v) is 7.60. The molecule has 0 aliphatic rings. The minimum Gasteiger partial charge on any atom is -0.749 e. The lowest BCUT2D eigenvalue weighted by atomic mass is 10.3. The van der Waals surface area contributed by atoms with E-state index in [1.165, 1.54) is 48.5 Å². The molecule has 0 aliphatic heterocycles. The fraction of sp³-hybridized carbons (Fsp3) is 0.219. The highest BCUT2D eigenvalue weighted by Gasteiger charge is 2.17. The third kappa shape index (κ3) is 23.9. The van der Waals surface area contributed by atoms with Gasteiger partial charge >= 0.3 is 5.97 Å². The standard InChI is InChI=1S/C12H12O6S.C9H7ClO3S.C9H8O.2CH4.ClHO3S/c1-3-8-17-10-4-6-11(7-5-10)19(14,15)18-9-12(13)16-2;1-2-7-13-8-3-5-9(6-4-8)14(10,11)12;1-2-8-10-9-6-4-3-5-7-9;;;1-4-5(2)3/h1,4-7H,8-9H2,2H3;1,3-6H,7H2;1,3-7H,8H2;2*1H4;(H,2,3)/p-1. The first-order valence-electron chi connectivity index (χ1n) is 12.5. The smallest absolute Gasteiger partial charge is 0.333 e. The van der Waals surface area contributed by atoms with Crippen LogP contribution in [0, 0.1) is 37.0 Å². The van der Waals surface area contributed by atoms with Crippen LogP contribution in [0.4, 0.5) is 0 Å². The summed E-state index contributed by atoms with van der Waals surface area (Å²) in [4.78, 5) is 10.8. The number of methoxy groups -OCH3 is 1. The minimum absolute atomic E-state index is 0. The van der Waals surface area contributed by atoms with Crippen LogP contribution in [-0.2, 0) is 48.0 Å². The Hall–Kier alpha value is -4.28. The second kappa shape index (κ2) is 28.5. The fourth-order valence-electron chi connectivity index (χ4n) is 2.55. The molecule has 0 N–H and O–H groups in total. The topological polar surface area (TPSA) is 181 Å². The third-order valence-electron chi connectivity index (χ3n) is 4.54. The van der Waals surface area contributed by atoms with Gasteiger partial charge in [0, 0.05) is 10.7 Å². The molecular formula is C32H35Cl2O13S3-. The van der Waals surface area contributed by atoms with Crippen LogP contribution in [0.25, 0.3) is 0 Å². The van der Waals surface area contributed by atoms with Crippen molar-refractivity contribution < 1.29 is 57.3 Å². The van der Waals surface area contributed by atoms with E-state index in [4.69, 9.17) is 52.9 Å². The Morgan fingerprint density at radius 3 is 1.42 bits per heavy atom. The van der Waals surface area contributed by atoms with E-state index in [2.05, 4.69) is 42.3 Å². The number of halogens is 2. The second-order valence-corrected chi connectivity index (χ2v) is 12.8. The van der Waals surface area contributed by atoms with Gasteiger partial charge in [-0.3, -0.25) is 4.18 Å².